The lowest BCUT2D eigenvalue weighted by molar-refractivity contribution is 0.272. The van der Waals surface area contributed by atoms with Crippen LogP contribution in [0.25, 0.3) is 0 Å². The van der Waals surface area contributed by atoms with Crippen molar-refractivity contribution in [3.63, 3.8) is 0 Å². The molecule has 1 fully saturated rings. The van der Waals surface area contributed by atoms with Crippen LogP contribution in [-0.2, 0) is 0 Å². The summed E-state index contributed by atoms with van der Waals surface area (Å²) in [7, 11) is 0. The number of fused-ring (bicyclic) bond motifs is 1. The van der Waals surface area contributed by atoms with Gasteiger partial charge in [-0.2, -0.15) is 0 Å². The summed E-state index contributed by atoms with van der Waals surface area (Å²) in [4.78, 5) is 0. The zero-order valence-electron chi connectivity index (χ0n) is 9.13. The topological polar surface area (TPSA) is 0 Å². The third-order valence-electron chi connectivity index (χ3n) is 3.81. The van der Waals surface area contributed by atoms with Gasteiger partial charge in [-0.05, 0) is 50.4 Å². The summed E-state index contributed by atoms with van der Waals surface area (Å²) >= 11 is 0. The van der Waals surface area contributed by atoms with Gasteiger partial charge in [-0.1, -0.05) is 36.5 Å². The highest BCUT2D eigenvalue weighted by atomic mass is 14.4. The van der Waals surface area contributed by atoms with Gasteiger partial charge in [0, 0.05) is 0 Å². The van der Waals surface area contributed by atoms with E-state index in [1.165, 1.54) is 36.8 Å². The van der Waals surface area contributed by atoms with Crippen molar-refractivity contribution in [3.8, 4) is 0 Å². The lowest BCUT2D eigenvalue weighted by Gasteiger charge is -2.40. The number of hydrogen-bond acceptors (Lipinski definition) is 0. The smallest absolute Gasteiger partial charge is 0.00746 e. The first-order valence-electron chi connectivity index (χ1n) is 5.70. The summed E-state index contributed by atoms with van der Waals surface area (Å²) in [6.07, 6.45) is 9.85. The Bertz CT molecular complexity index is 282. The predicted molar refractivity (Wildman–Crippen MR) is 62.0 cm³/mol. The predicted octanol–water partition coefficient (Wildman–Crippen LogP) is 4.11. The van der Waals surface area contributed by atoms with Gasteiger partial charge in [0.15, 0.2) is 0 Å². The molecule has 76 valence electrons. The molecule has 0 radical (unpaired) electrons. The molecule has 0 aliphatic heterocycles. The third-order valence-corrected chi connectivity index (χ3v) is 3.81. The van der Waals surface area contributed by atoms with E-state index in [1.807, 2.05) is 0 Å². The van der Waals surface area contributed by atoms with E-state index in [1.54, 1.807) is 0 Å². The molecule has 2 rings (SSSR count). The number of allylic oxidation sites excluding steroid dienone is 4. The molecule has 0 N–H and O–H groups in total. The molecule has 2 aliphatic carbocycles. The molecule has 0 amide bonds. The summed E-state index contributed by atoms with van der Waals surface area (Å²) in [6.45, 7) is 10.6. The molecule has 3 unspecified atom stereocenters. The van der Waals surface area contributed by atoms with Crippen LogP contribution in [0.1, 0.15) is 32.6 Å². The summed E-state index contributed by atoms with van der Waals surface area (Å²) in [5, 5.41) is 0. The van der Waals surface area contributed by atoms with Crippen molar-refractivity contribution in [1.29, 1.82) is 0 Å². The van der Waals surface area contributed by atoms with E-state index in [0.717, 1.165) is 5.92 Å². The van der Waals surface area contributed by atoms with Gasteiger partial charge in [0.1, 0.15) is 0 Å². The molecule has 0 nitrogen and oxygen atoms in total. The van der Waals surface area contributed by atoms with Gasteiger partial charge in [-0.3, -0.25) is 0 Å². The molecule has 0 bridgehead atoms. The first-order valence-corrected chi connectivity index (χ1v) is 5.70. The Morgan fingerprint density at radius 2 is 2.29 bits per heavy atom. The van der Waals surface area contributed by atoms with Crippen LogP contribution in [0.2, 0.25) is 0 Å². The average Bonchev–Trinajstić information content (AvgIpc) is 2.17. The normalized spacial score (nSPS) is 36.6. The molecule has 0 heterocycles. The molecule has 0 saturated heterocycles. The SMILES string of the molecule is C=C(C)C1CC=CC2CCCC(=C)C21. The number of rotatable bonds is 1. The summed E-state index contributed by atoms with van der Waals surface area (Å²) in [6, 6.07) is 0. The Balaban J connectivity index is 2.25. The molecular weight excluding hydrogens is 168 g/mol. The fraction of sp³-hybridized carbons (Fsp3) is 0.571. The minimum absolute atomic E-state index is 0.665. The van der Waals surface area contributed by atoms with Crippen molar-refractivity contribution in [2.45, 2.75) is 32.6 Å². The van der Waals surface area contributed by atoms with Gasteiger partial charge in [0.25, 0.3) is 0 Å². The molecule has 1 saturated carbocycles. The number of hydrogen-bond donors (Lipinski definition) is 0. The largest absolute Gasteiger partial charge is 0.0998 e. The van der Waals surface area contributed by atoms with Crippen LogP contribution in [0.4, 0.5) is 0 Å². The highest BCUT2D eigenvalue weighted by molar-refractivity contribution is 5.21. The quantitative estimate of drug-likeness (QED) is 0.543. The van der Waals surface area contributed by atoms with E-state index in [0.29, 0.717) is 11.8 Å². The Morgan fingerprint density at radius 1 is 1.50 bits per heavy atom. The molecule has 14 heavy (non-hydrogen) atoms. The minimum Gasteiger partial charge on any atom is -0.0998 e. The Labute approximate surface area is 87.4 Å². The van der Waals surface area contributed by atoms with Gasteiger partial charge in [-0.15, -0.1) is 0 Å². The maximum Gasteiger partial charge on any atom is -0.00746 e. The van der Waals surface area contributed by atoms with Gasteiger partial charge < -0.3 is 0 Å². The minimum atomic E-state index is 0.665. The maximum absolute atomic E-state index is 4.26. The van der Waals surface area contributed by atoms with Crippen molar-refractivity contribution in [1.82, 2.24) is 0 Å². The van der Waals surface area contributed by atoms with Crippen LogP contribution >= 0.6 is 0 Å². The zero-order chi connectivity index (χ0) is 10.1. The van der Waals surface area contributed by atoms with E-state index in [4.69, 9.17) is 0 Å². The van der Waals surface area contributed by atoms with Crippen LogP contribution < -0.4 is 0 Å². The first-order chi connectivity index (χ1) is 6.70. The zero-order valence-corrected chi connectivity index (χ0v) is 9.13. The van der Waals surface area contributed by atoms with E-state index >= 15 is 0 Å². The molecule has 3 atom stereocenters. The molecule has 0 aromatic rings. The molecule has 0 aromatic carbocycles. The van der Waals surface area contributed by atoms with Crippen molar-refractivity contribution in [2.24, 2.45) is 17.8 Å². The summed E-state index contributed by atoms with van der Waals surface area (Å²) in [5.41, 5.74) is 2.81. The summed E-state index contributed by atoms with van der Waals surface area (Å²) in [5.74, 6) is 2.12. The highest BCUT2D eigenvalue weighted by Crippen LogP contribution is 2.45. The standard InChI is InChI=1S/C14H20/c1-10(2)13-9-5-8-12-7-4-6-11(3)14(12)13/h5,8,12-14H,1,3-4,6-7,9H2,2H3. The van der Waals surface area contributed by atoms with Crippen molar-refractivity contribution in [2.75, 3.05) is 0 Å². The molecular formula is C14H20. The fourth-order valence-corrected chi connectivity index (χ4v) is 3.07. The Morgan fingerprint density at radius 3 is 3.00 bits per heavy atom. The lowest BCUT2D eigenvalue weighted by atomic mass is 9.65. The van der Waals surface area contributed by atoms with Crippen molar-refractivity contribution in [3.05, 3.63) is 36.5 Å². The average molecular weight is 188 g/mol. The Kier molecular flexibility index (Phi) is 2.62. The summed E-state index contributed by atoms with van der Waals surface area (Å²) < 4.78 is 0. The fourth-order valence-electron chi connectivity index (χ4n) is 3.07. The van der Waals surface area contributed by atoms with Crippen LogP contribution in [0, 0.1) is 17.8 Å². The van der Waals surface area contributed by atoms with Gasteiger partial charge >= 0.3 is 0 Å². The van der Waals surface area contributed by atoms with Crippen molar-refractivity contribution >= 4 is 0 Å². The molecule has 0 aromatic heterocycles. The monoisotopic (exact) mass is 188 g/mol. The van der Waals surface area contributed by atoms with Crippen LogP contribution in [0.5, 0.6) is 0 Å². The van der Waals surface area contributed by atoms with E-state index in [-0.39, 0.29) is 0 Å². The van der Waals surface area contributed by atoms with E-state index < -0.39 is 0 Å². The highest BCUT2D eigenvalue weighted by Gasteiger charge is 2.34. The second-order valence-electron chi connectivity index (χ2n) is 4.86. The van der Waals surface area contributed by atoms with Crippen LogP contribution in [0.15, 0.2) is 36.5 Å². The molecule has 0 heteroatoms. The van der Waals surface area contributed by atoms with E-state index in [9.17, 15) is 0 Å². The van der Waals surface area contributed by atoms with E-state index in [2.05, 4.69) is 32.2 Å². The lowest BCUT2D eigenvalue weighted by Crippen LogP contribution is -2.30. The van der Waals surface area contributed by atoms with Crippen molar-refractivity contribution < 1.29 is 0 Å². The third kappa shape index (κ3) is 1.58. The molecule has 2 aliphatic rings. The van der Waals surface area contributed by atoms with Crippen LogP contribution in [-0.4, -0.2) is 0 Å². The second kappa shape index (κ2) is 3.76. The van der Waals surface area contributed by atoms with Gasteiger partial charge in [0.05, 0.1) is 0 Å². The van der Waals surface area contributed by atoms with Gasteiger partial charge in [0.2, 0.25) is 0 Å². The first kappa shape index (κ1) is 9.76. The molecule has 0 spiro atoms. The maximum atomic E-state index is 4.26. The van der Waals surface area contributed by atoms with Crippen LogP contribution in [0.3, 0.4) is 0 Å². The Hall–Kier alpha value is -0.780. The second-order valence-corrected chi connectivity index (χ2v) is 4.86. The van der Waals surface area contributed by atoms with Gasteiger partial charge in [-0.25, -0.2) is 0 Å².